The van der Waals surface area contributed by atoms with Crippen LogP contribution in [-0.4, -0.2) is 37.7 Å². The molecule has 0 spiro atoms. The number of aliphatic carboxylic acids is 1. The Morgan fingerprint density at radius 2 is 1.73 bits per heavy atom. The van der Waals surface area contributed by atoms with Crippen LogP contribution in [0.5, 0.6) is 5.75 Å². The fraction of sp³-hybridized carbons (Fsp3) is 0.423. The Labute approximate surface area is 224 Å². The van der Waals surface area contributed by atoms with Crippen molar-refractivity contribution in [2.45, 2.75) is 69.7 Å². The molecular weight excluding hydrogens is 518 g/mol. The average Bonchev–Trinajstić information content (AvgIpc) is 2.84. The minimum absolute atomic E-state index is 0. The second-order valence-corrected chi connectivity index (χ2v) is 10.2. The van der Waals surface area contributed by atoms with Crippen LogP contribution in [0.1, 0.15) is 68.6 Å². The average molecular weight is 554 g/mol. The molecule has 0 bridgehead atoms. The lowest BCUT2D eigenvalue weighted by molar-refractivity contribution is -0.137. The Balaban J connectivity index is 0.00000684. The van der Waals surface area contributed by atoms with Gasteiger partial charge in [0.05, 0.1) is 4.90 Å². The maximum absolute atomic E-state index is 12.5. The maximum Gasteiger partial charge on any atom is 0.311 e. The number of carbonyl (C=O) groups is 2. The van der Waals surface area contributed by atoms with Crippen LogP contribution in [0.3, 0.4) is 0 Å². The summed E-state index contributed by atoms with van der Waals surface area (Å²) in [6.07, 6.45) is 3.89. The van der Waals surface area contributed by atoms with E-state index in [0.717, 1.165) is 24.0 Å². The number of benzene rings is 2. The van der Waals surface area contributed by atoms with Crippen molar-refractivity contribution in [2.24, 2.45) is 5.73 Å². The van der Waals surface area contributed by atoms with Gasteiger partial charge in [-0.05, 0) is 61.4 Å². The molecule has 9 nitrogen and oxygen atoms in total. The summed E-state index contributed by atoms with van der Waals surface area (Å²) in [7, 11) is -3.80. The van der Waals surface area contributed by atoms with Crippen molar-refractivity contribution < 1.29 is 27.9 Å². The van der Waals surface area contributed by atoms with E-state index < -0.39 is 22.0 Å². The zero-order valence-corrected chi connectivity index (χ0v) is 22.6. The first-order valence-electron chi connectivity index (χ1n) is 12.1. The highest BCUT2D eigenvalue weighted by atomic mass is 35.5. The van der Waals surface area contributed by atoms with Crippen molar-refractivity contribution in [1.29, 1.82) is 5.41 Å². The summed E-state index contributed by atoms with van der Waals surface area (Å²) in [5.41, 5.74) is 8.75. The zero-order chi connectivity index (χ0) is 26.6. The van der Waals surface area contributed by atoms with Gasteiger partial charge in [-0.1, -0.05) is 37.6 Å². The first-order chi connectivity index (χ1) is 17.2. The molecule has 0 aromatic heterocycles. The van der Waals surface area contributed by atoms with Gasteiger partial charge in [0.2, 0.25) is 10.0 Å². The van der Waals surface area contributed by atoms with Crippen LogP contribution in [0.25, 0.3) is 0 Å². The second-order valence-electron chi connectivity index (χ2n) is 8.48. The number of aryl methyl sites for hydroxylation is 1. The summed E-state index contributed by atoms with van der Waals surface area (Å²) < 4.78 is 32.9. The van der Waals surface area contributed by atoms with Gasteiger partial charge in [-0.3, -0.25) is 9.59 Å². The molecule has 5 N–H and O–H groups in total. The summed E-state index contributed by atoms with van der Waals surface area (Å²) in [6, 6.07) is 11.9. The predicted molar refractivity (Wildman–Crippen MR) is 145 cm³/mol. The molecular formula is C26H36ClN3O6S. The smallest absolute Gasteiger partial charge is 0.311 e. The summed E-state index contributed by atoms with van der Waals surface area (Å²) >= 11 is 0. The Bertz CT molecular complexity index is 1150. The van der Waals surface area contributed by atoms with Gasteiger partial charge in [0, 0.05) is 37.2 Å². The summed E-state index contributed by atoms with van der Waals surface area (Å²) in [6.45, 7) is 2.15. The number of rotatable bonds is 16. The molecule has 0 aliphatic rings. The van der Waals surface area contributed by atoms with E-state index in [0.29, 0.717) is 37.0 Å². The first kappa shape index (κ1) is 32.2. The second kappa shape index (κ2) is 16.1. The number of nitrogens with one attached hydrogen (secondary N) is 2. The lowest BCUT2D eigenvalue weighted by Crippen LogP contribution is -2.25. The number of sulfonamides is 1. The van der Waals surface area contributed by atoms with E-state index in [9.17, 15) is 18.0 Å². The molecule has 37 heavy (non-hydrogen) atoms. The topological polar surface area (TPSA) is 160 Å². The number of nitrogens with two attached hydrogens (primary N) is 1. The number of carboxylic acids is 1. The molecule has 0 radical (unpaired) electrons. The molecule has 0 unspecified atom stereocenters. The van der Waals surface area contributed by atoms with E-state index in [4.69, 9.17) is 21.0 Å². The fourth-order valence-corrected chi connectivity index (χ4v) is 4.67. The molecule has 0 aliphatic heterocycles. The van der Waals surface area contributed by atoms with Crippen molar-refractivity contribution in [3.05, 3.63) is 59.2 Å². The first-order valence-corrected chi connectivity index (χ1v) is 13.6. The Hall–Kier alpha value is -2.79. The molecule has 0 aliphatic carbocycles. The molecule has 204 valence electrons. The standard InChI is InChI=1S/C26H35N3O6S.ClH/c1-2-6-23(28)20-12-10-19(11-13-20)7-5-9-26(32)35-24-15-14-22(17-21(24)18-27)36(33,34)29-16-4-3-8-25(30)31;/h10-15,17,28-29H,2-9,16,18,27H2,1H3,(H,30,31);1H. The number of carboxylic acid groups (broad SMARTS) is 1. The van der Waals surface area contributed by atoms with Crippen molar-refractivity contribution in [2.75, 3.05) is 6.54 Å². The Kier molecular flexibility index (Phi) is 14.1. The predicted octanol–water partition coefficient (Wildman–Crippen LogP) is 4.20. The summed E-state index contributed by atoms with van der Waals surface area (Å²) in [5, 5.41) is 16.7. The number of carbonyl (C=O) groups excluding carboxylic acids is 1. The van der Waals surface area contributed by atoms with E-state index in [1.807, 2.05) is 31.2 Å². The number of ether oxygens (including phenoxy) is 1. The number of esters is 1. The highest BCUT2D eigenvalue weighted by Gasteiger charge is 2.17. The third kappa shape index (κ3) is 11.0. The molecule has 0 atom stereocenters. The third-order valence-corrected chi connectivity index (χ3v) is 7.00. The van der Waals surface area contributed by atoms with Gasteiger partial charge in [0.15, 0.2) is 0 Å². The van der Waals surface area contributed by atoms with Crippen LogP contribution in [0.2, 0.25) is 0 Å². The fourth-order valence-electron chi connectivity index (χ4n) is 3.55. The zero-order valence-electron chi connectivity index (χ0n) is 21.0. The SMILES string of the molecule is CCCC(=N)c1ccc(CCCC(=O)Oc2ccc(S(=O)(=O)NCCCCC(=O)O)cc2CN)cc1.Cl. The summed E-state index contributed by atoms with van der Waals surface area (Å²) in [4.78, 5) is 22.9. The van der Waals surface area contributed by atoms with Gasteiger partial charge in [-0.25, -0.2) is 13.1 Å². The monoisotopic (exact) mass is 553 g/mol. The van der Waals surface area contributed by atoms with Crippen LogP contribution in [0.15, 0.2) is 47.4 Å². The van der Waals surface area contributed by atoms with Gasteiger partial charge >= 0.3 is 11.9 Å². The van der Waals surface area contributed by atoms with Gasteiger partial charge in [-0.2, -0.15) is 0 Å². The molecule has 0 heterocycles. The number of hydrogen-bond acceptors (Lipinski definition) is 7. The molecule has 0 saturated heterocycles. The molecule has 0 amide bonds. The number of unbranched alkanes of at least 4 members (excludes halogenated alkanes) is 1. The van der Waals surface area contributed by atoms with E-state index in [1.165, 1.54) is 18.2 Å². The molecule has 2 aromatic rings. The summed E-state index contributed by atoms with van der Waals surface area (Å²) in [5.74, 6) is -1.13. The molecule has 0 saturated carbocycles. The van der Waals surface area contributed by atoms with Crippen LogP contribution < -0.4 is 15.2 Å². The van der Waals surface area contributed by atoms with Crippen molar-refractivity contribution >= 4 is 40.1 Å². The molecule has 2 aromatic carbocycles. The minimum atomic E-state index is -3.80. The highest BCUT2D eigenvalue weighted by molar-refractivity contribution is 7.89. The maximum atomic E-state index is 12.5. The van der Waals surface area contributed by atoms with E-state index in [1.54, 1.807) is 0 Å². The lowest BCUT2D eigenvalue weighted by Gasteiger charge is -2.12. The van der Waals surface area contributed by atoms with Crippen molar-refractivity contribution in [3.8, 4) is 5.75 Å². The normalized spacial score (nSPS) is 11.0. The van der Waals surface area contributed by atoms with Crippen LogP contribution in [0, 0.1) is 5.41 Å². The Morgan fingerprint density at radius 1 is 1.03 bits per heavy atom. The Morgan fingerprint density at radius 3 is 2.35 bits per heavy atom. The molecule has 2 rings (SSSR count). The molecule has 0 fully saturated rings. The van der Waals surface area contributed by atoms with Crippen LogP contribution in [0.4, 0.5) is 0 Å². The van der Waals surface area contributed by atoms with Gasteiger partial charge in [0.1, 0.15) is 5.75 Å². The number of halogens is 1. The van der Waals surface area contributed by atoms with Crippen LogP contribution in [-0.2, 0) is 32.6 Å². The van der Waals surface area contributed by atoms with Gasteiger partial charge < -0.3 is 21.0 Å². The van der Waals surface area contributed by atoms with E-state index in [2.05, 4.69) is 4.72 Å². The van der Waals surface area contributed by atoms with Crippen molar-refractivity contribution in [1.82, 2.24) is 4.72 Å². The third-order valence-electron chi connectivity index (χ3n) is 5.54. The largest absolute Gasteiger partial charge is 0.481 e. The lowest BCUT2D eigenvalue weighted by atomic mass is 10.0. The van der Waals surface area contributed by atoms with E-state index >= 15 is 0 Å². The minimum Gasteiger partial charge on any atom is -0.481 e. The van der Waals surface area contributed by atoms with E-state index in [-0.39, 0.29) is 49.0 Å². The van der Waals surface area contributed by atoms with Crippen LogP contribution >= 0.6 is 12.4 Å². The highest BCUT2D eigenvalue weighted by Crippen LogP contribution is 2.23. The van der Waals surface area contributed by atoms with Gasteiger partial charge in [0.25, 0.3) is 0 Å². The number of hydrogen-bond donors (Lipinski definition) is 4. The quantitative estimate of drug-likeness (QED) is 0.105. The van der Waals surface area contributed by atoms with Gasteiger partial charge in [-0.15, -0.1) is 12.4 Å². The van der Waals surface area contributed by atoms with Crippen molar-refractivity contribution in [3.63, 3.8) is 0 Å². The molecule has 11 heteroatoms.